The van der Waals surface area contributed by atoms with Gasteiger partial charge in [0.2, 0.25) is 0 Å². The Bertz CT molecular complexity index is 1140. The third kappa shape index (κ3) is 2.11. The molecular formula is C24H16. The quantitative estimate of drug-likeness (QED) is 0.380. The van der Waals surface area contributed by atoms with Crippen molar-refractivity contribution in [3.63, 3.8) is 0 Å². The summed E-state index contributed by atoms with van der Waals surface area (Å²) in [6, 6.07) is 15.1. The molecule has 0 bridgehead atoms. The molecule has 0 atom stereocenters. The van der Waals surface area contributed by atoms with E-state index in [2.05, 4.69) is 73.2 Å². The van der Waals surface area contributed by atoms with E-state index >= 15 is 0 Å². The van der Waals surface area contributed by atoms with E-state index in [1.165, 1.54) is 27.1 Å². The summed E-state index contributed by atoms with van der Waals surface area (Å²) in [4.78, 5) is 0. The minimum absolute atomic E-state index is 1.13. The van der Waals surface area contributed by atoms with Crippen molar-refractivity contribution in [1.82, 2.24) is 0 Å². The Kier molecular flexibility index (Phi) is 3.41. The standard InChI is InChI=1S/C24H16/c1-3-19-20(4-2)24-16-18(17-10-6-5-7-11-17)14-15-23(24)22-13-9-8-12-21(19)22/h3-4,6,8-16H,1-2H2. The molecule has 0 saturated heterocycles. The summed E-state index contributed by atoms with van der Waals surface area (Å²) in [5.74, 6) is 0. The molecule has 0 heteroatoms. The normalized spacial score (nSPS) is 12.6. The van der Waals surface area contributed by atoms with E-state index < -0.39 is 0 Å². The van der Waals surface area contributed by atoms with Crippen LogP contribution in [-0.4, -0.2) is 0 Å². The third-order valence-electron chi connectivity index (χ3n) is 4.51. The van der Waals surface area contributed by atoms with Crippen molar-refractivity contribution in [2.75, 3.05) is 0 Å². The lowest BCUT2D eigenvalue weighted by Gasteiger charge is -2.14. The molecule has 0 fully saturated rings. The monoisotopic (exact) mass is 304 g/mol. The Hall–Kier alpha value is -3.30. The molecule has 0 spiro atoms. The fourth-order valence-corrected chi connectivity index (χ4v) is 3.39. The van der Waals surface area contributed by atoms with Crippen molar-refractivity contribution in [3.05, 3.63) is 102 Å². The SMILES string of the molecule is C=Cc1c(C=C)c2cc(C3=CC=C=C=C3)ccc2c2ccccc12. The van der Waals surface area contributed by atoms with Gasteiger partial charge in [0.05, 0.1) is 0 Å². The minimum Gasteiger partial charge on any atom is -0.0984 e. The van der Waals surface area contributed by atoms with Crippen LogP contribution in [0.3, 0.4) is 0 Å². The van der Waals surface area contributed by atoms with Crippen LogP contribution >= 0.6 is 0 Å². The van der Waals surface area contributed by atoms with Gasteiger partial charge in [0, 0.05) is 0 Å². The molecule has 24 heavy (non-hydrogen) atoms. The van der Waals surface area contributed by atoms with E-state index in [0.717, 1.165) is 16.7 Å². The van der Waals surface area contributed by atoms with Gasteiger partial charge in [-0.3, -0.25) is 0 Å². The Morgan fingerprint density at radius 2 is 1.46 bits per heavy atom. The molecule has 0 amide bonds. The first-order valence-electron chi connectivity index (χ1n) is 7.95. The summed E-state index contributed by atoms with van der Waals surface area (Å²) in [5.41, 5.74) is 10.6. The van der Waals surface area contributed by atoms with Gasteiger partial charge in [-0.15, -0.1) is 0 Å². The number of allylic oxidation sites excluding steroid dienone is 4. The highest BCUT2D eigenvalue weighted by Crippen LogP contribution is 2.36. The number of hydrogen-bond donors (Lipinski definition) is 0. The summed E-state index contributed by atoms with van der Waals surface area (Å²) < 4.78 is 0. The molecule has 0 saturated carbocycles. The zero-order chi connectivity index (χ0) is 16.5. The molecule has 0 nitrogen and oxygen atoms in total. The maximum Gasteiger partial charge on any atom is -0.00365 e. The summed E-state index contributed by atoms with van der Waals surface area (Å²) in [5, 5.41) is 4.89. The van der Waals surface area contributed by atoms with Crippen LogP contribution in [0.5, 0.6) is 0 Å². The Morgan fingerprint density at radius 3 is 2.17 bits per heavy atom. The molecule has 1 aliphatic rings. The second-order valence-corrected chi connectivity index (χ2v) is 5.76. The van der Waals surface area contributed by atoms with Crippen LogP contribution in [0, 0.1) is 0 Å². The smallest absolute Gasteiger partial charge is 0.00365 e. The average molecular weight is 304 g/mol. The lowest BCUT2D eigenvalue weighted by Crippen LogP contribution is -1.91. The molecular weight excluding hydrogens is 288 g/mol. The van der Waals surface area contributed by atoms with Gasteiger partial charge in [0.15, 0.2) is 0 Å². The van der Waals surface area contributed by atoms with Crippen LogP contribution in [0.25, 0.3) is 39.3 Å². The van der Waals surface area contributed by atoms with Gasteiger partial charge in [0.1, 0.15) is 0 Å². The molecule has 0 radical (unpaired) electrons. The summed E-state index contributed by atoms with van der Waals surface area (Å²) in [7, 11) is 0. The topological polar surface area (TPSA) is 0 Å². The zero-order valence-electron chi connectivity index (χ0n) is 13.3. The van der Waals surface area contributed by atoms with E-state index in [4.69, 9.17) is 0 Å². The lowest BCUT2D eigenvalue weighted by molar-refractivity contribution is 1.65. The van der Waals surface area contributed by atoms with Gasteiger partial charge in [0.25, 0.3) is 0 Å². The van der Waals surface area contributed by atoms with Crippen LogP contribution in [0.2, 0.25) is 0 Å². The summed E-state index contributed by atoms with van der Waals surface area (Å²) in [6.07, 6.45) is 9.77. The molecule has 0 N–H and O–H groups in total. The Morgan fingerprint density at radius 1 is 0.750 bits per heavy atom. The van der Waals surface area contributed by atoms with Gasteiger partial charge in [-0.05, 0) is 68.1 Å². The van der Waals surface area contributed by atoms with Crippen molar-refractivity contribution in [2.45, 2.75) is 0 Å². The molecule has 3 aromatic rings. The van der Waals surface area contributed by atoms with Crippen molar-refractivity contribution in [2.24, 2.45) is 0 Å². The molecule has 0 aliphatic heterocycles. The van der Waals surface area contributed by atoms with Crippen LogP contribution in [0.15, 0.2) is 85.3 Å². The predicted octanol–water partition coefficient (Wildman–Crippen LogP) is 6.54. The van der Waals surface area contributed by atoms with Crippen LogP contribution in [0.4, 0.5) is 0 Å². The Labute approximate surface area is 141 Å². The largest absolute Gasteiger partial charge is 0.0984 e. The maximum absolute atomic E-state index is 4.04. The molecule has 4 rings (SSSR count). The molecule has 3 aromatic carbocycles. The van der Waals surface area contributed by atoms with Crippen molar-refractivity contribution >= 4 is 39.3 Å². The summed E-state index contributed by atoms with van der Waals surface area (Å²) >= 11 is 0. The summed E-state index contributed by atoms with van der Waals surface area (Å²) in [6.45, 7) is 8.06. The van der Waals surface area contributed by atoms with Crippen LogP contribution < -0.4 is 0 Å². The van der Waals surface area contributed by atoms with Crippen molar-refractivity contribution in [3.8, 4) is 0 Å². The van der Waals surface area contributed by atoms with Gasteiger partial charge < -0.3 is 0 Å². The molecule has 1 aliphatic carbocycles. The average Bonchev–Trinajstić information content (AvgIpc) is 2.67. The van der Waals surface area contributed by atoms with E-state index in [-0.39, 0.29) is 0 Å². The third-order valence-corrected chi connectivity index (χ3v) is 4.51. The second-order valence-electron chi connectivity index (χ2n) is 5.76. The number of rotatable bonds is 3. The van der Waals surface area contributed by atoms with Crippen molar-refractivity contribution in [1.29, 1.82) is 0 Å². The van der Waals surface area contributed by atoms with Gasteiger partial charge in [-0.2, -0.15) is 0 Å². The van der Waals surface area contributed by atoms with Gasteiger partial charge in [-0.1, -0.05) is 73.2 Å². The number of fused-ring (bicyclic) bond motifs is 3. The fourth-order valence-electron chi connectivity index (χ4n) is 3.39. The minimum atomic E-state index is 1.13. The van der Waals surface area contributed by atoms with E-state index in [9.17, 15) is 0 Å². The second kappa shape index (κ2) is 5.72. The number of benzene rings is 3. The highest BCUT2D eigenvalue weighted by Gasteiger charge is 2.11. The first kappa shape index (κ1) is 14.3. The number of hydrogen-bond acceptors (Lipinski definition) is 0. The predicted molar refractivity (Wildman–Crippen MR) is 106 cm³/mol. The van der Waals surface area contributed by atoms with E-state index in [1.807, 2.05) is 24.3 Å². The van der Waals surface area contributed by atoms with Crippen LogP contribution in [0.1, 0.15) is 16.7 Å². The highest BCUT2D eigenvalue weighted by molar-refractivity contribution is 6.15. The molecule has 0 aromatic heterocycles. The van der Waals surface area contributed by atoms with Crippen molar-refractivity contribution < 1.29 is 0 Å². The molecule has 0 heterocycles. The van der Waals surface area contributed by atoms with E-state index in [0.29, 0.717) is 0 Å². The molecule has 0 unspecified atom stereocenters. The first-order valence-corrected chi connectivity index (χ1v) is 7.95. The van der Waals surface area contributed by atoms with E-state index in [1.54, 1.807) is 0 Å². The molecule has 112 valence electrons. The van der Waals surface area contributed by atoms with Crippen LogP contribution in [-0.2, 0) is 0 Å². The lowest BCUT2D eigenvalue weighted by atomic mass is 9.89. The highest BCUT2D eigenvalue weighted by atomic mass is 14.1. The van der Waals surface area contributed by atoms with Gasteiger partial charge >= 0.3 is 0 Å². The zero-order valence-corrected chi connectivity index (χ0v) is 13.3. The first-order chi connectivity index (χ1) is 11.8. The maximum atomic E-state index is 4.04. The van der Waals surface area contributed by atoms with Gasteiger partial charge in [-0.25, -0.2) is 0 Å². The Balaban J connectivity index is 2.13. The fraction of sp³-hybridized carbons (Fsp3) is 0.